The van der Waals surface area contributed by atoms with E-state index < -0.39 is 14.7 Å². The SMILES string of the molecule is C/C(=N/[N-]C(=S)[N-]c1nc2ccccc2s1)[C]1[CH][CH][CH][CH]1.C/C(=N/[N-]C(=S)[N-]c1nc2ccccc2s1)[C]1[CH][CH][CH][CH]1.[Cl-].[Fe+2].[Ru+3].c1ccc([As](c2ccccc2)c2ccccc2)cc1. The van der Waals surface area contributed by atoms with Crippen molar-refractivity contribution in [1.82, 2.24) is 9.97 Å². The van der Waals surface area contributed by atoms with Crippen molar-refractivity contribution in [2.45, 2.75) is 13.8 Å². The van der Waals surface area contributed by atoms with E-state index in [1.54, 1.807) is 0 Å². The molecule has 16 heteroatoms. The normalized spacial score (nSPS) is 13.9. The van der Waals surface area contributed by atoms with E-state index in [0.29, 0.717) is 10.3 Å². The van der Waals surface area contributed by atoms with Gasteiger partial charge in [0, 0.05) is 22.1 Å². The molecule has 0 saturated heterocycles. The van der Waals surface area contributed by atoms with Gasteiger partial charge >= 0.3 is 155 Å². The summed E-state index contributed by atoms with van der Waals surface area (Å²) in [5.41, 5.74) is 11.4. The van der Waals surface area contributed by atoms with E-state index in [1.807, 2.05) is 114 Å². The van der Waals surface area contributed by atoms with E-state index in [2.05, 4.69) is 133 Å². The summed E-state index contributed by atoms with van der Waals surface area (Å²) in [4.78, 5) is 8.77. The van der Waals surface area contributed by atoms with Crippen molar-refractivity contribution in [1.29, 1.82) is 0 Å². The van der Waals surface area contributed by atoms with Gasteiger partial charge in [-0.15, -0.1) is 47.1 Å². The summed E-state index contributed by atoms with van der Waals surface area (Å²) in [6.07, 6.45) is 15.7. The molecule has 321 valence electrons. The number of thiazole rings is 2. The monoisotopic (exact) mass is 1120 g/mol. The Balaban J connectivity index is 0.000000206. The third kappa shape index (κ3) is 15.9. The van der Waals surface area contributed by atoms with Crippen LogP contribution < -0.4 is 25.5 Å². The van der Waals surface area contributed by atoms with Crippen molar-refractivity contribution in [3.63, 3.8) is 0 Å². The second kappa shape index (κ2) is 27.9. The molecular formula is C48H37AsClFeN8RuS4. The molecule has 0 aliphatic heterocycles. The average Bonchev–Trinajstić information content (AvgIpc) is 4.14. The molecule has 5 aromatic carbocycles. The molecule has 11 radical (unpaired) electrons. The van der Waals surface area contributed by atoms with Crippen LogP contribution in [0.1, 0.15) is 13.8 Å². The standard InChI is InChI=1S/C18H15As.2C15H12N4S2.ClH.Fe.Ru/c1-4-10-16(11-5-1)19(17-12-6-2-7-13-17)18-14-8-3-9-15-18;2*1-10(11-6-2-3-7-11)18-19-14(20)17-15-16-12-8-4-5-9-13(12)21-15;;;/h1-15H;2*2-9H,1H3,(H-,16,17,19,20);1H;;/q;2*-1;;+2;+3/p-3/b;2*18-10-;;;. The van der Waals surface area contributed by atoms with Gasteiger partial charge in [-0.25, -0.2) is 0 Å². The molecule has 0 N–H and O–H groups in total. The molecule has 0 bridgehead atoms. The average molecular weight is 1120 g/mol. The summed E-state index contributed by atoms with van der Waals surface area (Å²) in [6, 6.07) is 48.4. The summed E-state index contributed by atoms with van der Waals surface area (Å²) in [6.45, 7) is 3.78. The van der Waals surface area contributed by atoms with Crippen LogP contribution in [0.2, 0.25) is 0 Å². The summed E-state index contributed by atoms with van der Waals surface area (Å²) < 4.78 is 6.60. The van der Waals surface area contributed by atoms with Gasteiger partial charge in [0.25, 0.3) is 0 Å². The molecular weight excluding hydrogens is 1080 g/mol. The second-order valence-corrected chi connectivity index (χ2v) is 20.4. The molecule has 0 atom stereocenters. The molecule has 2 fully saturated rings. The zero-order valence-corrected chi connectivity index (χ0v) is 42.9. The summed E-state index contributed by atoms with van der Waals surface area (Å²) in [5.74, 6) is 2.06. The van der Waals surface area contributed by atoms with Gasteiger partial charge in [-0.05, 0) is 101 Å². The number of halogens is 1. The number of aromatic nitrogens is 2. The van der Waals surface area contributed by atoms with Gasteiger partial charge in [0.2, 0.25) is 0 Å². The van der Waals surface area contributed by atoms with Crippen molar-refractivity contribution >= 4 is 127 Å². The molecule has 2 saturated carbocycles. The van der Waals surface area contributed by atoms with E-state index in [4.69, 9.17) is 24.4 Å². The Labute approximate surface area is 430 Å². The summed E-state index contributed by atoms with van der Waals surface area (Å²) >= 11 is 11.8. The van der Waals surface area contributed by atoms with Crippen LogP contribution in [-0.2, 0) is 36.5 Å². The number of fused-ring (bicyclic) bond motifs is 2. The Morgan fingerprint density at radius 3 is 1.14 bits per heavy atom. The van der Waals surface area contributed by atoms with Gasteiger partial charge in [0.05, 0.1) is 20.4 Å². The predicted molar refractivity (Wildman–Crippen MR) is 268 cm³/mol. The maximum absolute atomic E-state index is 5.11. The second-order valence-electron chi connectivity index (χ2n) is 13.0. The van der Waals surface area contributed by atoms with Crippen molar-refractivity contribution in [3.05, 3.63) is 224 Å². The Kier molecular flexibility index (Phi) is 23.2. The van der Waals surface area contributed by atoms with Crippen LogP contribution in [-0.4, -0.2) is 46.3 Å². The first-order valence-corrected chi connectivity index (χ1v) is 24.3. The number of thiocarbonyl (C=S) groups is 2. The molecule has 0 amide bonds. The Morgan fingerprint density at radius 1 is 0.500 bits per heavy atom. The molecule has 2 aliphatic rings. The van der Waals surface area contributed by atoms with E-state index in [1.165, 1.54) is 35.7 Å². The molecule has 64 heavy (non-hydrogen) atoms. The molecule has 9 rings (SSSR count). The first-order chi connectivity index (χ1) is 29.9. The minimum atomic E-state index is -1.39. The van der Waals surface area contributed by atoms with E-state index in [9.17, 15) is 0 Å². The topological polar surface area (TPSA) is 107 Å². The van der Waals surface area contributed by atoms with Crippen LogP contribution in [0.5, 0.6) is 0 Å². The van der Waals surface area contributed by atoms with E-state index in [0.717, 1.165) is 43.7 Å². The van der Waals surface area contributed by atoms with Crippen LogP contribution in [0.25, 0.3) is 41.9 Å². The van der Waals surface area contributed by atoms with E-state index >= 15 is 0 Å². The molecule has 0 unspecified atom stereocenters. The minimum absolute atomic E-state index is 0. The van der Waals surface area contributed by atoms with Crippen LogP contribution in [0.15, 0.2) is 150 Å². The predicted octanol–water partition coefficient (Wildman–Crippen LogP) is 8.68. The van der Waals surface area contributed by atoms with E-state index in [-0.39, 0.29) is 59.2 Å². The first-order valence-electron chi connectivity index (χ1n) is 19.0. The molecule has 2 heterocycles. The van der Waals surface area contributed by atoms with Gasteiger partial charge in [-0.2, -0.15) is 10.2 Å². The third-order valence-electron chi connectivity index (χ3n) is 8.72. The summed E-state index contributed by atoms with van der Waals surface area (Å²) in [5, 5.41) is 18.2. The zero-order chi connectivity index (χ0) is 42.2. The van der Waals surface area contributed by atoms with Crippen molar-refractivity contribution in [3.8, 4) is 0 Å². The van der Waals surface area contributed by atoms with Crippen LogP contribution in [0, 0.1) is 63.2 Å². The van der Waals surface area contributed by atoms with Crippen LogP contribution in [0.3, 0.4) is 0 Å². The van der Waals surface area contributed by atoms with Crippen molar-refractivity contribution < 1.29 is 49.0 Å². The fourth-order valence-electron chi connectivity index (χ4n) is 5.78. The van der Waals surface area contributed by atoms with Crippen molar-refractivity contribution in [2.24, 2.45) is 10.2 Å². The number of hydrogen-bond acceptors (Lipinski definition) is 8. The van der Waals surface area contributed by atoms with Gasteiger partial charge in [0.15, 0.2) is 0 Å². The molecule has 2 aromatic heterocycles. The molecule has 8 nitrogen and oxygen atoms in total. The number of hydrogen-bond donors (Lipinski definition) is 0. The third-order valence-corrected chi connectivity index (χ3v) is 16.1. The van der Waals surface area contributed by atoms with Crippen LogP contribution >= 0.6 is 47.1 Å². The quantitative estimate of drug-likeness (QED) is 0.0625. The number of nitrogens with zero attached hydrogens (tertiary/aromatic N) is 8. The number of para-hydroxylation sites is 2. The summed E-state index contributed by atoms with van der Waals surface area (Å²) in [7, 11) is 0. The van der Waals surface area contributed by atoms with Gasteiger partial charge in [-0.1, -0.05) is 24.3 Å². The van der Waals surface area contributed by atoms with Gasteiger partial charge in [-0.3, -0.25) is 9.97 Å². The molecule has 0 spiro atoms. The maximum atomic E-state index is 5.11. The Hall–Kier alpha value is -3.41. The fraction of sp³-hybridized carbons (Fsp3) is 0.0417. The Morgan fingerprint density at radius 2 is 0.812 bits per heavy atom. The zero-order valence-electron chi connectivity index (χ0n) is 34.1. The van der Waals surface area contributed by atoms with Gasteiger partial charge < -0.3 is 44.1 Å². The van der Waals surface area contributed by atoms with Crippen LogP contribution in [0.4, 0.5) is 10.3 Å². The Bertz CT molecular complexity index is 2270. The van der Waals surface area contributed by atoms with Crippen molar-refractivity contribution in [2.75, 3.05) is 0 Å². The molecule has 7 aromatic rings. The fourth-order valence-corrected chi connectivity index (χ4v) is 12.7. The number of rotatable bonds is 9. The molecule has 2 aliphatic carbocycles. The number of benzene rings is 5. The van der Waals surface area contributed by atoms with Gasteiger partial charge in [0.1, 0.15) is 0 Å². The first kappa shape index (κ1) is 53.2.